The van der Waals surface area contributed by atoms with Crippen molar-refractivity contribution in [3.63, 3.8) is 0 Å². The molecule has 0 unspecified atom stereocenters. The number of carboxylic acid groups (broad SMARTS) is 1. The van der Waals surface area contributed by atoms with Gasteiger partial charge < -0.3 is 5.11 Å². The minimum atomic E-state index is -0.903. The number of benzene rings is 1. The molecule has 2 aromatic rings. The fourth-order valence-electron chi connectivity index (χ4n) is 2.09. The number of rotatable bonds is 3. The summed E-state index contributed by atoms with van der Waals surface area (Å²) < 4.78 is 1.72. The van der Waals surface area contributed by atoms with Crippen molar-refractivity contribution in [1.29, 1.82) is 0 Å². The van der Waals surface area contributed by atoms with E-state index in [9.17, 15) is 9.90 Å². The van der Waals surface area contributed by atoms with Gasteiger partial charge in [-0.2, -0.15) is 5.10 Å². The lowest BCUT2D eigenvalue weighted by molar-refractivity contribution is 0.0697. The maximum atomic E-state index is 11.3. The summed E-state index contributed by atoms with van der Waals surface area (Å²) in [5, 5.41) is 13.6. The van der Waals surface area contributed by atoms with Crippen LogP contribution in [0.1, 0.15) is 28.5 Å². The molecule has 0 aliphatic rings. The Morgan fingerprint density at radius 2 is 2.11 bits per heavy atom. The number of hydrogen-bond donors (Lipinski definition) is 1. The summed E-state index contributed by atoms with van der Waals surface area (Å²) in [6, 6.07) is 5.48. The Kier molecular flexibility index (Phi) is 3.19. The number of nitrogens with zero attached hydrogens (tertiary/aromatic N) is 2. The first-order valence-electron chi connectivity index (χ1n) is 5.89. The fraction of sp³-hybridized carbons (Fsp3) is 0.286. The molecule has 0 amide bonds. The minimum Gasteiger partial charge on any atom is -0.478 e. The van der Waals surface area contributed by atoms with Crippen LogP contribution in [0.2, 0.25) is 0 Å². The van der Waals surface area contributed by atoms with Crippen molar-refractivity contribution in [2.45, 2.75) is 20.3 Å². The lowest BCUT2D eigenvalue weighted by Crippen LogP contribution is -2.00. The van der Waals surface area contributed by atoms with Gasteiger partial charge in [0.05, 0.1) is 11.3 Å². The average molecular weight is 244 g/mol. The monoisotopic (exact) mass is 244 g/mol. The molecule has 1 aromatic heterocycles. The molecular formula is C14H16N2O2. The third-order valence-electron chi connectivity index (χ3n) is 2.94. The Morgan fingerprint density at radius 1 is 1.39 bits per heavy atom. The summed E-state index contributed by atoms with van der Waals surface area (Å²) in [5.74, 6) is -0.903. The molecule has 0 atom stereocenters. The molecule has 0 radical (unpaired) electrons. The quantitative estimate of drug-likeness (QED) is 0.903. The Hall–Kier alpha value is -2.10. The number of hydrogen-bond acceptors (Lipinski definition) is 2. The Bertz CT molecular complexity index is 600. The lowest BCUT2D eigenvalue weighted by Gasteiger charge is -2.06. The summed E-state index contributed by atoms with van der Waals surface area (Å²) in [6.45, 7) is 3.90. The van der Waals surface area contributed by atoms with Crippen LogP contribution >= 0.6 is 0 Å². The zero-order valence-corrected chi connectivity index (χ0v) is 10.8. The third-order valence-corrected chi connectivity index (χ3v) is 2.94. The van der Waals surface area contributed by atoms with Crippen LogP contribution in [-0.4, -0.2) is 20.9 Å². The first-order chi connectivity index (χ1) is 8.52. The van der Waals surface area contributed by atoms with Crippen molar-refractivity contribution in [3.8, 4) is 11.1 Å². The lowest BCUT2D eigenvalue weighted by atomic mass is 9.97. The second kappa shape index (κ2) is 4.64. The van der Waals surface area contributed by atoms with Crippen molar-refractivity contribution < 1.29 is 9.90 Å². The van der Waals surface area contributed by atoms with Gasteiger partial charge >= 0.3 is 5.97 Å². The van der Waals surface area contributed by atoms with Crippen LogP contribution < -0.4 is 0 Å². The largest absolute Gasteiger partial charge is 0.478 e. The molecular weight excluding hydrogens is 228 g/mol. The second-order valence-corrected chi connectivity index (χ2v) is 4.37. The van der Waals surface area contributed by atoms with Crippen LogP contribution in [-0.2, 0) is 13.5 Å². The number of aryl methyl sites for hydroxylation is 3. The van der Waals surface area contributed by atoms with Crippen LogP contribution in [0.25, 0.3) is 11.1 Å². The highest BCUT2D eigenvalue weighted by molar-refractivity contribution is 5.96. The van der Waals surface area contributed by atoms with Gasteiger partial charge in [-0.15, -0.1) is 0 Å². The van der Waals surface area contributed by atoms with Crippen molar-refractivity contribution in [2.75, 3.05) is 0 Å². The zero-order valence-electron chi connectivity index (χ0n) is 10.8. The van der Waals surface area contributed by atoms with Gasteiger partial charge in [-0.05, 0) is 25.0 Å². The third kappa shape index (κ3) is 2.14. The highest BCUT2D eigenvalue weighted by atomic mass is 16.4. The number of aromatic carboxylic acids is 1. The van der Waals surface area contributed by atoms with E-state index in [1.54, 1.807) is 10.7 Å². The van der Waals surface area contributed by atoms with Crippen LogP contribution in [0.5, 0.6) is 0 Å². The summed E-state index contributed by atoms with van der Waals surface area (Å²) in [7, 11) is 1.84. The maximum absolute atomic E-state index is 11.3. The van der Waals surface area contributed by atoms with Gasteiger partial charge in [-0.25, -0.2) is 4.79 Å². The van der Waals surface area contributed by atoms with E-state index < -0.39 is 5.97 Å². The van der Waals surface area contributed by atoms with Crippen LogP contribution in [0, 0.1) is 6.92 Å². The van der Waals surface area contributed by atoms with Crippen LogP contribution in [0.15, 0.2) is 24.4 Å². The number of carbonyl (C=O) groups is 1. The molecule has 0 aliphatic carbocycles. The molecule has 0 aliphatic heterocycles. The summed E-state index contributed by atoms with van der Waals surface area (Å²) in [5.41, 5.74) is 3.83. The molecule has 1 heterocycles. The maximum Gasteiger partial charge on any atom is 0.336 e. The molecule has 4 nitrogen and oxygen atoms in total. The Balaban J connectivity index is 2.66. The molecule has 1 N–H and O–H groups in total. The van der Waals surface area contributed by atoms with Crippen molar-refractivity contribution >= 4 is 5.97 Å². The van der Waals surface area contributed by atoms with Gasteiger partial charge in [0, 0.05) is 18.8 Å². The summed E-state index contributed by atoms with van der Waals surface area (Å²) in [4.78, 5) is 11.3. The van der Waals surface area contributed by atoms with Gasteiger partial charge in [-0.1, -0.05) is 24.6 Å². The van der Waals surface area contributed by atoms with E-state index >= 15 is 0 Å². The zero-order chi connectivity index (χ0) is 13.3. The molecule has 18 heavy (non-hydrogen) atoms. The van der Waals surface area contributed by atoms with Crippen LogP contribution in [0.4, 0.5) is 0 Å². The van der Waals surface area contributed by atoms with Crippen molar-refractivity contribution in [1.82, 2.24) is 9.78 Å². The van der Waals surface area contributed by atoms with Gasteiger partial charge in [0.25, 0.3) is 0 Å². The normalized spacial score (nSPS) is 10.6. The van der Waals surface area contributed by atoms with Gasteiger partial charge in [-0.3, -0.25) is 4.68 Å². The van der Waals surface area contributed by atoms with Crippen molar-refractivity contribution in [2.24, 2.45) is 7.05 Å². The van der Waals surface area contributed by atoms with E-state index in [4.69, 9.17) is 0 Å². The van der Waals surface area contributed by atoms with Gasteiger partial charge in [0.15, 0.2) is 0 Å². The predicted molar refractivity (Wildman–Crippen MR) is 69.7 cm³/mol. The molecule has 2 rings (SSSR count). The fourth-order valence-corrected chi connectivity index (χ4v) is 2.09. The molecule has 0 bridgehead atoms. The first-order valence-corrected chi connectivity index (χ1v) is 5.89. The van der Waals surface area contributed by atoms with Gasteiger partial charge in [0.2, 0.25) is 0 Å². The molecule has 0 saturated carbocycles. The van der Waals surface area contributed by atoms with E-state index in [1.165, 1.54) is 0 Å². The smallest absolute Gasteiger partial charge is 0.336 e. The first kappa shape index (κ1) is 12.4. The highest BCUT2D eigenvalue weighted by Crippen LogP contribution is 2.27. The second-order valence-electron chi connectivity index (χ2n) is 4.37. The highest BCUT2D eigenvalue weighted by Gasteiger charge is 2.16. The molecule has 4 heteroatoms. The Morgan fingerprint density at radius 3 is 2.72 bits per heavy atom. The molecule has 94 valence electrons. The molecule has 1 aromatic carbocycles. The average Bonchev–Trinajstić information content (AvgIpc) is 2.70. The number of aromatic nitrogens is 2. The van der Waals surface area contributed by atoms with E-state index in [-0.39, 0.29) is 0 Å². The molecule has 0 saturated heterocycles. The summed E-state index contributed by atoms with van der Waals surface area (Å²) in [6.07, 6.45) is 2.65. The van der Waals surface area contributed by atoms with E-state index in [0.717, 1.165) is 28.8 Å². The van der Waals surface area contributed by atoms with Crippen LogP contribution in [0.3, 0.4) is 0 Å². The molecule has 0 spiro atoms. The predicted octanol–water partition coefficient (Wildman–Crippen LogP) is 2.66. The van der Waals surface area contributed by atoms with Crippen molar-refractivity contribution in [3.05, 3.63) is 41.2 Å². The SMILES string of the molecule is CCc1nn(C)cc1-c1ccc(C)cc1C(=O)O. The minimum absolute atomic E-state index is 0.331. The topological polar surface area (TPSA) is 55.1 Å². The molecule has 0 fully saturated rings. The van der Waals surface area contributed by atoms with Gasteiger partial charge in [0.1, 0.15) is 0 Å². The van der Waals surface area contributed by atoms with E-state index in [2.05, 4.69) is 5.10 Å². The Labute approximate surface area is 106 Å². The number of carboxylic acids is 1. The summed E-state index contributed by atoms with van der Waals surface area (Å²) >= 11 is 0. The van der Waals surface area contributed by atoms with E-state index in [0.29, 0.717) is 5.56 Å². The standard InChI is InChI=1S/C14H16N2O2/c1-4-13-12(8-16(3)15-13)10-6-5-9(2)7-11(10)14(17)18/h5-8H,4H2,1-3H3,(H,17,18). The van der Waals surface area contributed by atoms with E-state index in [1.807, 2.05) is 39.2 Å².